The Bertz CT molecular complexity index is 648. The highest BCUT2D eigenvalue weighted by Crippen LogP contribution is 2.32. The summed E-state index contributed by atoms with van der Waals surface area (Å²) in [4.78, 5) is 0. The zero-order valence-corrected chi connectivity index (χ0v) is 14.1. The fourth-order valence-electron chi connectivity index (χ4n) is 2.01. The molecule has 2 aromatic carbocycles. The highest BCUT2D eigenvalue weighted by molar-refractivity contribution is 9.10. The summed E-state index contributed by atoms with van der Waals surface area (Å²) in [5.41, 5.74) is 7.29. The van der Waals surface area contributed by atoms with Gasteiger partial charge in [-0.15, -0.1) is 0 Å². The molecule has 112 valence electrons. The number of benzene rings is 2. The fraction of sp³-hybridized carbons (Fsp3) is 0.250. The number of halogens is 3. The molecule has 1 unspecified atom stereocenters. The molecule has 0 aromatic heterocycles. The summed E-state index contributed by atoms with van der Waals surface area (Å²) in [5, 5.41) is 0.0394. The van der Waals surface area contributed by atoms with E-state index in [9.17, 15) is 4.39 Å². The van der Waals surface area contributed by atoms with E-state index in [1.165, 1.54) is 0 Å². The Morgan fingerprint density at radius 3 is 2.62 bits per heavy atom. The molecule has 0 aliphatic heterocycles. The van der Waals surface area contributed by atoms with Crippen LogP contribution in [-0.4, -0.2) is 6.10 Å². The first-order valence-electron chi connectivity index (χ1n) is 6.55. The summed E-state index contributed by atoms with van der Waals surface area (Å²) in [6.07, 6.45) is 0.0651. The van der Waals surface area contributed by atoms with Gasteiger partial charge in [0.2, 0.25) is 0 Å². The van der Waals surface area contributed by atoms with Crippen molar-refractivity contribution < 1.29 is 9.13 Å². The minimum Gasteiger partial charge on any atom is -0.491 e. The Hall–Kier alpha value is -1.10. The lowest BCUT2D eigenvalue weighted by atomic mass is 9.99. The van der Waals surface area contributed by atoms with Crippen molar-refractivity contribution in [2.75, 3.05) is 0 Å². The molecular formula is C16H16BrClFNO. The largest absolute Gasteiger partial charge is 0.491 e. The highest BCUT2D eigenvalue weighted by atomic mass is 79.9. The summed E-state index contributed by atoms with van der Waals surface area (Å²) >= 11 is 9.10. The number of hydrogen-bond acceptors (Lipinski definition) is 2. The average molecular weight is 373 g/mol. The van der Waals surface area contributed by atoms with E-state index in [0.717, 1.165) is 5.56 Å². The van der Waals surface area contributed by atoms with Gasteiger partial charge in [0.1, 0.15) is 11.6 Å². The van der Waals surface area contributed by atoms with Gasteiger partial charge in [-0.2, -0.15) is 0 Å². The van der Waals surface area contributed by atoms with Crippen LogP contribution in [0.3, 0.4) is 0 Å². The second-order valence-electron chi connectivity index (χ2n) is 4.98. The number of nitrogens with two attached hydrogens (primary N) is 1. The molecule has 0 radical (unpaired) electrons. The molecule has 2 N–H and O–H groups in total. The Morgan fingerprint density at radius 2 is 1.95 bits per heavy atom. The minimum atomic E-state index is -0.605. The van der Waals surface area contributed by atoms with Crippen LogP contribution in [0.4, 0.5) is 4.39 Å². The molecule has 2 nitrogen and oxygen atoms in total. The van der Waals surface area contributed by atoms with Crippen LogP contribution in [0.5, 0.6) is 5.75 Å². The molecule has 2 rings (SSSR count). The number of rotatable bonds is 4. The third-order valence-electron chi connectivity index (χ3n) is 2.99. The predicted octanol–water partition coefficient (Wildman–Crippen LogP) is 5.08. The number of hydrogen-bond donors (Lipinski definition) is 1. The quantitative estimate of drug-likeness (QED) is 0.760. The van der Waals surface area contributed by atoms with Crippen molar-refractivity contribution in [2.24, 2.45) is 5.73 Å². The molecule has 5 heteroatoms. The van der Waals surface area contributed by atoms with E-state index in [1.807, 2.05) is 38.1 Å². The molecule has 0 heterocycles. The maximum Gasteiger partial charge on any atom is 0.148 e. The van der Waals surface area contributed by atoms with Gasteiger partial charge in [-0.1, -0.05) is 29.8 Å². The van der Waals surface area contributed by atoms with Crippen molar-refractivity contribution >= 4 is 27.5 Å². The molecular weight excluding hydrogens is 357 g/mol. The first-order valence-corrected chi connectivity index (χ1v) is 7.73. The molecule has 0 aliphatic carbocycles. The SMILES string of the molecule is CC(C)Oc1cccc(C(N)c2ccc(Br)c(Cl)c2F)c1. The van der Waals surface area contributed by atoms with Crippen molar-refractivity contribution in [1.29, 1.82) is 0 Å². The molecule has 21 heavy (non-hydrogen) atoms. The van der Waals surface area contributed by atoms with E-state index in [-0.39, 0.29) is 11.1 Å². The Balaban J connectivity index is 2.36. The lowest BCUT2D eigenvalue weighted by molar-refractivity contribution is 0.242. The van der Waals surface area contributed by atoms with Crippen LogP contribution in [0.1, 0.15) is 31.0 Å². The van der Waals surface area contributed by atoms with E-state index < -0.39 is 11.9 Å². The minimum absolute atomic E-state index is 0.0394. The average Bonchev–Trinajstić information content (AvgIpc) is 2.44. The summed E-state index contributed by atoms with van der Waals surface area (Å²) in [6.45, 7) is 3.89. The van der Waals surface area contributed by atoms with Gasteiger partial charge in [-0.25, -0.2) is 4.39 Å². The lowest BCUT2D eigenvalue weighted by Crippen LogP contribution is -2.14. The van der Waals surface area contributed by atoms with E-state index >= 15 is 0 Å². The molecule has 0 bridgehead atoms. The van der Waals surface area contributed by atoms with Crippen LogP contribution in [-0.2, 0) is 0 Å². The van der Waals surface area contributed by atoms with Crippen molar-refractivity contribution in [3.05, 3.63) is 62.8 Å². The van der Waals surface area contributed by atoms with Gasteiger partial charge >= 0.3 is 0 Å². The van der Waals surface area contributed by atoms with Gasteiger partial charge in [0.25, 0.3) is 0 Å². The second-order valence-corrected chi connectivity index (χ2v) is 6.21. The first kappa shape index (κ1) is 16.3. The van der Waals surface area contributed by atoms with Gasteiger partial charge in [-0.3, -0.25) is 0 Å². The summed E-state index contributed by atoms with van der Waals surface area (Å²) in [7, 11) is 0. The molecule has 0 fully saturated rings. The van der Waals surface area contributed by atoms with Gasteiger partial charge in [0.05, 0.1) is 17.2 Å². The van der Waals surface area contributed by atoms with E-state index in [1.54, 1.807) is 12.1 Å². The van der Waals surface area contributed by atoms with Crippen LogP contribution >= 0.6 is 27.5 Å². The normalized spacial score (nSPS) is 12.5. The monoisotopic (exact) mass is 371 g/mol. The predicted molar refractivity (Wildman–Crippen MR) is 87.3 cm³/mol. The fourth-order valence-corrected chi connectivity index (χ4v) is 2.49. The van der Waals surface area contributed by atoms with E-state index in [4.69, 9.17) is 22.1 Å². The Labute approximate surface area is 137 Å². The summed E-state index contributed by atoms with van der Waals surface area (Å²) < 4.78 is 20.4. The van der Waals surface area contributed by atoms with Gasteiger partial charge < -0.3 is 10.5 Å². The summed E-state index contributed by atoms with van der Waals surface area (Å²) in [6, 6.07) is 10.1. The third kappa shape index (κ3) is 3.76. The van der Waals surface area contributed by atoms with Gasteiger partial charge in [-0.05, 0) is 53.5 Å². The molecule has 1 atom stereocenters. The second kappa shape index (κ2) is 6.77. The molecule has 0 amide bonds. The van der Waals surface area contributed by atoms with Crippen LogP contribution in [0.2, 0.25) is 5.02 Å². The van der Waals surface area contributed by atoms with Gasteiger partial charge in [0, 0.05) is 10.0 Å². The molecule has 0 aliphatic rings. The molecule has 0 saturated carbocycles. The van der Waals surface area contributed by atoms with E-state index in [2.05, 4.69) is 15.9 Å². The molecule has 0 spiro atoms. The maximum atomic E-state index is 14.2. The van der Waals surface area contributed by atoms with Crippen molar-refractivity contribution in [3.8, 4) is 5.75 Å². The molecule has 2 aromatic rings. The van der Waals surface area contributed by atoms with Gasteiger partial charge in [0.15, 0.2) is 0 Å². The van der Waals surface area contributed by atoms with Crippen LogP contribution in [0, 0.1) is 5.82 Å². The topological polar surface area (TPSA) is 35.2 Å². The number of ether oxygens (including phenoxy) is 1. The maximum absolute atomic E-state index is 14.2. The van der Waals surface area contributed by atoms with Crippen LogP contribution < -0.4 is 10.5 Å². The standard InChI is InChI=1S/C16H16BrClFNO/c1-9(2)21-11-5-3-4-10(8-11)16(20)12-6-7-13(17)14(18)15(12)19/h3-9,16H,20H2,1-2H3. The van der Waals surface area contributed by atoms with Crippen molar-refractivity contribution in [1.82, 2.24) is 0 Å². The smallest absolute Gasteiger partial charge is 0.148 e. The highest BCUT2D eigenvalue weighted by Gasteiger charge is 2.18. The third-order valence-corrected chi connectivity index (χ3v) is 4.25. The first-order chi connectivity index (χ1) is 9.90. The van der Waals surface area contributed by atoms with Crippen LogP contribution in [0.25, 0.3) is 0 Å². The zero-order valence-electron chi connectivity index (χ0n) is 11.7. The lowest BCUT2D eigenvalue weighted by Gasteiger charge is -2.17. The van der Waals surface area contributed by atoms with Crippen molar-refractivity contribution in [2.45, 2.75) is 26.0 Å². The van der Waals surface area contributed by atoms with Crippen molar-refractivity contribution in [3.63, 3.8) is 0 Å². The zero-order chi connectivity index (χ0) is 15.6. The Morgan fingerprint density at radius 1 is 1.24 bits per heavy atom. The molecule has 0 saturated heterocycles. The van der Waals surface area contributed by atoms with E-state index in [0.29, 0.717) is 15.8 Å². The van der Waals surface area contributed by atoms with Crippen LogP contribution in [0.15, 0.2) is 40.9 Å². The Kier molecular flexibility index (Phi) is 5.25. The summed E-state index contributed by atoms with van der Waals surface area (Å²) in [5.74, 6) is 0.204.